The molecular weight excluding hydrogens is 150 g/mol. The van der Waals surface area contributed by atoms with Gasteiger partial charge in [0.25, 0.3) is 0 Å². The van der Waals surface area contributed by atoms with Crippen molar-refractivity contribution in [2.75, 3.05) is 13.2 Å². The molecule has 2 rings (SSSR count). The minimum atomic E-state index is 0.649. The van der Waals surface area contributed by atoms with E-state index >= 15 is 0 Å². The van der Waals surface area contributed by atoms with Gasteiger partial charge in [0.1, 0.15) is 0 Å². The molecule has 1 N–H and O–H groups in total. The summed E-state index contributed by atoms with van der Waals surface area (Å²) in [6.07, 6.45) is 5.29. The van der Waals surface area contributed by atoms with Gasteiger partial charge in [-0.05, 0) is 31.6 Å². The molecule has 1 aliphatic heterocycles. The zero-order chi connectivity index (χ0) is 8.39. The average Bonchev–Trinajstić information content (AvgIpc) is 2.04. The predicted octanol–water partition coefficient (Wildman–Crippen LogP) is 1.55. The summed E-state index contributed by atoms with van der Waals surface area (Å²) in [6, 6.07) is 1.45. The Labute approximate surface area is 74.7 Å². The zero-order valence-electron chi connectivity index (χ0n) is 7.88. The number of rotatable bonds is 2. The average molecular weight is 169 g/mol. The maximum Gasteiger partial charge on any atom is 0.0619 e. The van der Waals surface area contributed by atoms with E-state index in [1.54, 1.807) is 0 Å². The SMILES string of the molecule is CC1CC(NC2CCCOC2)C1. The van der Waals surface area contributed by atoms with Gasteiger partial charge in [0.2, 0.25) is 0 Å². The standard InChI is InChI=1S/C10H19NO/c1-8-5-10(6-8)11-9-3-2-4-12-7-9/h8-11H,2-7H2,1H3. The molecule has 0 amide bonds. The first kappa shape index (κ1) is 8.52. The van der Waals surface area contributed by atoms with Crippen LogP contribution in [0.25, 0.3) is 0 Å². The molecule has 1 unspecified atom stereocenters. The summed E-state index contributed by atoms with van der Waals surface area (Å²) >= 11 is 0. The van der Waals surface area contributed by atoms with Gasteiger partial charge in [-0.1, -0.05) is 6.92 Å². The molecule has 12 heavy (non-hydrogen) atoms. The fourth-order valence-electron chi connectivity index (χ4n) is 2.24. The second kappa shape index (κ2) is 3.75. The molecule has 2 nitrogen and oxygen atoms in total. The molecule has 1 atom stereocenters. The Hall–Kier alpha value is -0.0800. The van der Waals surface area contributed by atoms with Gasteiger partial charge in [0.15, 0.2) is 0 Å². The molecule has 1 saturated carbocycles. The Morgan fingerprint density at radius 3 is 2.67 bits per heavy atom. The van der Waals surface area contributed by atoms with Crippen molar-refractivity contribution < 1.29 is 4.74 Å². The van der Waals surface area contributed by atoms with E-state index in [1.165, 1.54) is 25.7 Å². The quantitative estimate of drug-likeness (QED) is 0.677. The first-order valence-corrected chi connectivity index (χ1v) is 5.18. The van der Waals surface area contributed by atoms with Crippen molar-refractivity contribution in [3.8, 4) is 0 Å². The van der Waals surface area contributed by atoms with Crippen LogP contribution < -0.4 is 5.32 Å². The second-order valence-electron chi connectivity index (χ2n) is 4.35. The Morgan fingerprint density at radius 1 is 1.25 bits per heavy atom. The number of hydrogen-bond donors (Lipinski definition) is 1. The normalized spacial score (nSPS) is 42.2. The molecule has 0 aromatic carbocycles. The van der Waals surface area contributed by atoms with Crippen LogP contribution in [0.3, 0.4) is 0 Å². The zero-order valence-corrected chi connectivity index (χ0v) is 7.88. The van der Waals surface area contributed by atoms with Gasteiger partial charge < -0.3 is 10.1 Å². The van der Waals surface area contributed by atoms with Gasteiger partial charge in [-0.2, -0.15) is 0 Å². The minimum Gasteiger partial charge on any atom is -0.380 e. The fraction of sp³-hybridized carbons (Fsp3) is 1.00. The third-order valence-electron chi connectivity index (χ3n) is 3.01. The lowest BCUT2D eigenvalue weighted by Gasteiger charge is -2.37. The molecule has 1 saturated heterocycles. The van der Waals surface area contributed by atoms with Crippen LogP contribution in [0.2, 0.25) is 0 Å². The first-order valence-electron chi connectivity index (χ1n) is 5.18. The van der Waals surface area contributed by atoms with Gasteiger partial charge in [0.05, 0.1) is 6.61 Å². The van der Waals surface area contributed by atoms with Crippen molar-refractivity contribution in [3.63, 3.8) is 0 Å². The maximum absolute atomic E-state index is 5.42. The Kier molecular flexibility index (Phi) is 2.66. The van der Waals surface area contributed by atoms with Gasteiger partial charge in [-0.15, -0.1) is 0 Å². The van der Waals surface area contributed by atoms with E-state index in [9.17, 15) is 0 Å². The maximum atomic E-state index is 5.42. The number of ether oxygens (including phenoxy) is 1. The lowest BCUT2D eigenvalue weighted by molar-refractivity contribution is 0.0574. The Balaban J connectivity index is 1.65. The van der Waals surface area contributed by atoms with Gasteiger partial charge in [0, 0.05) is 18.7 Å². The van der Waals surface area contributed by atoms with E-state index in [1.807, 2.05) is 0 Å². The first-order chi connectivity index (χ1) is 5.84. The predicted molar refractivity (Wildman–Crippen MR) is 49.2 cm³/mol. The summed E-state index contributed by atoms with van der Waals surface area (Å²) in [6.45, 7) is 4.24. The van der Waals surface area contributed by atoms with Crippen LogP contribution in [0, 0.1) is 5.92 Å². The highest BCUT2D eigenvalue weighted by molar-refractivity contribution is 4.85. The van der Waals surface area contributed by atoms with Crippen LogP contribution in [0.1, 0.15) is 32.6 Å². The van der Waals surface area contributed by atoms with E-state index in [0.29, 0.717) is 6.04 Å². The molecule has 2 heteroatoms. The smallest absolute Gasteiger partial charge is 0.0619 e. The van der Waals surface area contributed by atoms with Crippen molar-refractivity contribution in [2.24, 2.45) is 5.92 Å². The lowest BCUT2D eigenvalue weighted by Crippen LogP contribution is -2.48. The van der Waals surface area contributed by atoms with E-state index in [-0.39, 0.29) is 0 Å². The third-order valence-corrected chi connectivity index (χ3v) is 3.01. The monoisotopic (exact) mass is 169 g/mol. The molecule has 1 heterocycles. The van der Waals surface area contributed by atoms with Crippen LogP contribution in [0.15, 0.2) is 0 Å². The fourth-order valence-corrected chi connectivity index (χ4v) is 2.24. The summed E-state index contributed by atoms with van der Waals surface area (Å²) in [5, 5.41) is 3.66. The molecule has 0 bridgehead atoms. The molecule has 0 radical (unpaired) electrons. The second-order valence-corrected chi connectivity index (χ2v) is 4.35. The van der Waals surface area contributed by atoms with Crippen molar-refractivity contribution in [3.05, 3.63) is 0 Å². The minimum absolute atomic E-state index is 0.649. The number of nitrogens with one attached hydrogen (secondary N) is 1. The molecule has 2 fully saturated rings. The topological polar surface area (TPSA) is 21.3 Å². The van der Waals surface area contributed by atoms with Crippen LogP contribution in [-0.4, -0.2) is 25.3 Å². The summed E-state index contributed by atoms with van der Waals surface area (Å²) in [7, 11) is 0. The van der Waals surface area contributed by atoms with Crippen LogP contribution in [-0.2, 0) is 4.74 Å². The van der Waals surface area contributed by atoms with E-state index < -0.39 is 0 Å². The summed E-state index contributed by atoms with van der Waals surface area (Å²) in [5.41, 5.74) is 0. The van der Waals surface area contributed by atoms with Crippen molar-refractivity contribution in [1.82, 2.24) is 5.32 Å². The van der Waals surface area contributed by atoms with Crippen molar-refractivity contribution >= 4 is 0 Å². The summed E-state index contributed by atoms with van der Waals surface area (Å²) in [5.74, 6) is 0.951. The molecular formula is C10H19NO. The van der Waals surface area contributed by atoms with Gasteiger partial charge >= 0.3 is 0 Å². The Morgan fingerprint density at radius 2 is 2.08 bits per heavy atom. The molecule has 0 spiro atoms. The highest BCUT2D eigenvalue weighted by Gasteiger charge is 2.27. The van der Waals surface area contributed by atoms with Crippen LogP contribution in [0.5, 0.6) is 0 Å². The van der Waals surface area contributed by atoms with E-state index in [4.69, 9.17) is 4.74 Å². The lowest BCUT2D eigenvalue weighted by atomic mass is 9.81. The molecule has 0 aromatic heterocycles. The number of hydrogen-bond acceptors (Lipinski definition) is 2. The van der Waals surface area contributed by atoms with Crippen molar-refractivity contribution in [1.29, 1.82) is 0 Å². The molecule has 2 aliphatic rings. The molecule has 1 aliphatic carbocycles. The van der Waals surface area contributed by atoms with Gasteiger partial charge in [-0.25, -0.2) is 0 Å². The molecule has 0 aromatic rings. The van der Waals surface area contributed by atoms with Crippen LogP contribution >= 0.6 is 0 Å². The van der Waals surface area contributed by atoms with Crippen molar-refractivity contribution in [2.45, 2.75) is 44.7 Å². The molecule has 70 valence electrons. The third kappa shape index (κ3) is 1.99. The Bertz CT molecular complexity index is 137. The largest absolute Gasteiger partial charge is 0.380 e. The summed E-state index contributed by atoms with van der Waals surface area (Å²) in [4.78, 5) is 0. The highest BCUT2D eigenvalue weighted by Crippen LogP contribution is 2.27. The highest BCUT2D eigenvalue weighted by atomic mass is 16.5. The van der Waals surface area contributed by atoms with Gasteiger partial charge in [-0.3, -0.25) is 0 Å². The summed E-state index contributed by atoms with van der Waals surface area (Å²) < 4.78 is 5.42. The van der Waals surface area contributed by atoms with Crippen LogP contribution in [0.4, 0.5) is 0 Å². The van der Waals surface area contributed by atoms with E-state index in [2.05, 4.69) is 12.2 Å². The van der Waals surface area contributed by atoms with E-state index in [0.717, 1.165) is 25.2 Å².